The van der Waals surface area contributed by atoms with E-state index in [9.17, 15) is 4.79 Å². The largest absolute Gasteiger partial charge is 0.343 e. The molecule has 1 aliphatic heterocycles. The van der Waals surface area contributed by atoms with Crippen molar-refractivity contribution in [3.8, 4) is 6.07 Å². The Hall–Kier alpha value is -2.94. The van der Waals surface area contributed by atoms with Crippen LogP contribution in [0.2, 0.25) is 0 Å². The lowest BCUT2D eigenvalue weighted by molar-refractivity contribution is -0.131. The second-order valence-electron chi connectivity index (χ2n) is 5.06. The average Bonchev–Trinajstić information content (AvgIpc) is 2.57. The van der Waals surface area contributed by atoms with Crippen molar-refractivity contribution in [2.24, 2.45) is 0 Å². The van der Waals surface area contributed by atoms with Gasteiger partial charge in [0.1, 0.15) is 6.07 Å². The van der Waals surface area contributed by atoms with E-state index in [-0.39, 0.29) is 18.1 Å². The highest BCUT2D eigenvalue weighted by Gasteiger charge is 2.26. The van der Waals surface area contributed by atoms with Crippen LogP contribution in [-0.2, 0) is 11.3 Å². The minimum Gasteiger partial charge on any atom is -0.343 e. The van der Waals surface area contributed by atoms with Crippen molar-refractivity contribution < 1.29 is 4.79 Å². The number of hydrogen-bond acceptors (Lipinski definition) is 5. The van der Waals surface area contributed by atoms with Crippen molar-refractivity contribution in [3.63, 3.8) is 0 Å². The predicted octanol–water partition coefficient (Wildman–Crippen LogP) is 1.20. The van der Waals surface area contributed by atoms with Crippen LogP contribution in [0.4, 0.5) is 5.82 Å². The van der Waals surface area contributed by atoms with Crippen molar-refractivity contribution >= 4 is 11.7 Å². The number of rotatable bonds is 3. The Morgan fingerprint density at radius 2 is 1.91 bits per heavy atom. The third kappa shape index (κ3) is 2.88. The molecule has 1 aromatic carbocycles. The summed E-state index contributed by atoms with van der Waals surface area (Å²) in [5.74, 6) is 0.516. The number of nitrogens with zero attached hydrogens (tertiary/aromatic N) is 5. The second kappa shape index (κ2) is 6.22. The molecule has 1 aromatic heterocycles. The van der Waals surface area contributed by atoms with Gasteiger partial charge in [0.25, 0.3) is 0 Å². The third-order valence-corrected chi connectivity index (χ3v) is 3.62. The minimum absolute atomic E-state index is 0.0321. The van der Waals surface area contributed by atoms with Gasteiger partial charge < -0.3 is 9.80 Å². The summed E-state index contributed by atoms with van der Waals surface area (Å²) in [7, 11) is 0. The lowest BCUT2D eigenvalue weighted by atomic mass is 10.2. The molecular formula is C16H15N5O. The first-order valence-electron chi connectivity index (χ1n) is 7.05. The normalized spacial score (nSPS) is 14.8. The number of amides is 1. The summed E-state index contributed by atoms with van der Waals surface area (Å²) in [5, 5.41) is 9.09. The van der Waals surface area contributed by atoms with Crippen molar-refractivity contribution in [2.45, 2.75) is 6.54 Å². The van der Waals surface area contributed by atoms with Gasteiger partial charge >= 0.3 is 0 Å². The second-order valence-corrected chi connectivity index (χ2v) is 5.06. The van der Waals surface area contributed by atoms with Crippen molar-refractivity contribution in [3.05, 3.63) is 54.0 Å². The maximum atomic E-state index is 12.3. The van der Waals surface area contributed by atoms with E-state index in [0.717, 1.165) is 5.56 Å². The highest BCUT2D eigenvalue weighted by Crippen LogP contribution is 2.17. The van der Waals surface area contributed by atoms with Crippen molar-refractivity contribution in [2.75, 3.05) is 24.5 Å². The number of anilines is 1. The molecular weight excluding hydrogens is 278 g/mol. The van der Waals surface area contributed by atoms with Gasteiger partial charge in [-0.25, -0.2) is 9.97 Å². The predicted molar refractivity (Wildman–Crippen MR) is 80.8 cm³/mol. The summed E-state index contributed by atoms with van der Waals surface area (Å²) in [6.07, 6.45) is 3.02. The monoisotopic (exact) mass is 293 g/mol. The summed E-state index contributed by atoms with van der Waals surface area (Å²) >= 11 is 0. The number of benzene rings is 1. The highest BCUT2D eigenvalue weighted by molar-refractivity contribution is 5.82. The maximum absolute atomic E-state index is 12.3. The Morgan fingerprint density at radius 3 is 2.64 bits per heavy atom. The van der Waals surface area contributed by atoms with Gasteiger partial charge in [-0.05, 0) is 5.56 Å². The molecule has 0 aliphatic carbocycles. The van der Waals surface area contributed by atoms with Gasteiger partial charge in [0, 0.05) is 32.0 Å². The molecule has 0 unspecified atom stereocenters. The summed E-state index contributed by atoms with van der Waals surface area (Å²) in [4.78, 5) is 24.2. The molecule has 1 amide bonds. The molecule has 6 nitrogen and oxygen atoms in total. The topological polar surface area (TPSA) is 73.1 Å². The van der Waals surface area contributed by atoms with E-state index in [4.69, 9.17) is 5.26 Å². The van der Waals surface area contributed by atoms with Crippen LogP contribution in [-0.4, -0.2) is 40.4 Å². The standard InChI is InChI=1S/C16H15N5O/c17-10-14-16(19-7-6-18-14)21-9-8-20(15(22)12-21)11-13-4-2-1-3-5-13/h1-7H,8-9,11-12H2. The zero-order valence-corrected chi connectivity index (χ0v) is 12.0. The molecule has 0 saturated carbocycles. The number of aromatic nitrogens is 2. The van der Waals surface area contributed by atoms with Gasteiger partial charge in [-0.2, -0.15) is 5.26 Å². The van der Waals surface area contributed by atoms with E-state index in [2.05, 4.69) is 9.97 Å². The van der Waals surface area contributed by atoms with Gasteiger partial charge in [-0.3, -0.25) is 4.79 Å². The summed E-state index contributed by atoms with van der Waals surface area (Å²) in [5.41, 5.74) is 1.37. The minimum atomic E-state index is 0.0321. The molecule has 3 rings (SSSR count). The maximum Gasteiger partial charge on any atom is 0.242 e. The molecule has 0 spiro atoms. The Labute approximate surface area is 128 Å². The number of nitriles is 1. The molecule has 1 fully saturated rings. The highest BCUT2D eigenvalue weighted by atomic mass is 16.2. The molecule has 0 radical (unpaired) electrons. The van der Waals surface area contributed by atoms with Crippen LogP contribution in [0.3, 0.4) is 0 Å². The molecule has 6 heteroatoms. The number of piperazine rings is 1. The van der Waals surface area contributed by atoms with E-state index in [1.165, 1.54) is 12.4 Å². The first-order chi connectivity index (χ1) is 10.8. The molecule has 1 aliphatic rings. The zero-order chi connectivity index (χ0) is 15.4. The molecule has 0 atom stereocenters. The number of carbonyl (C=O) groups excluding carboxylic acids is 1. The van der Waals surface area contributed by atoms with Crippen molar-refractivity contribution in [1.29, 1.82) is 5.26 Å². The molecule has 0 bridgehead atoms. The summed E-state index contributed by atoms with van der Waals surface area (Å²) < 4.78 is 0. The first kappa shape index (κ1) is 14.0. The van der Waals surface area contributed by atoms with Crippen LogP contribution in [0, 0.1) is 11.3 Å². The zero-order valence-electron chi connectivity index (χ0n) is 12.0. The lowest BCUT2D eigenvalue weighted by Crippen LogP contribution is -2.50. The van der Waals surface area contributed by atoms with Gasteiger partial charge in [-0.15, -0.1) is 0 Å². The quantitative estimate of drug-likeness (QED) is 0.850. The van der Waals surface area contributed by atoms with Crippen LogP contribution in [0.5, 0.6) is 0 Å². The van der Waals surface area contributed by atoms with E-state index in [1.54, 1.807) is 0 Å². The Balaban J connectivity index is 1.70. The molecule has 22 heavy (non-hydrogen) atoms. The van der Waals surface area contributed by atoms with Gasteiger partial charge in [0.15, 0.2) is 11.5 Å². The Kier molecular flexibility index (Phi) is 3.97. The molecule has 110 valence electrons. The van der Waals surface area contributed by atoms with Gasteiger partial charge in [-0.1, -0.05) is 30.3 Å². The lowest BCUT2D eigenvalue weighted by Gasteiger charge is -2.35. The fourth-order valence-electron chi connectivity index (χ4n) is 2.50. The molecule has 2 heterocycles. The SMILES string of the molecule is N#Cc1nccnc1N1CCN(Cc2ccccc2)C(=O)C1. The van der Waals surface area contributed by atoms with E-state index >= 15 is 0 Å². The van der Waals surface area contributed by atoms with Gasteiger partial charge in [0.2, 0.25) is 5.91 Å². The Bertz CT molecular complexity index is 710. The number of carbonyl (C=O) groups is 1. The fraction of sp³-hybridized carbons (Fsp3) is 0.250. The number of hydrogen-bond donors (Lipinski definition) is 0. The smallest absolute Gasteiger partial charge is 0.242 e. The van der Waals surface area contributed by atoms with Crippen LogP contribution in [0.15, 0.2) is 42.7 Å². The average molecular weight is 293 g/mol. The van der Waals surface area contributed by atoms with E-state index < -0.39 is 0 Å². The molecule has 0 N–H and O–H groups in total. The van der Waals surface area contributed by atoms with Crippen LogP contribution >= 0.6 is 0 Å². The molecule has 1 saturated heterocycles. The van der Waals surface area contributed by atoms with E-state index in [0.29, 0.717) is 25.5 Å². The van der Waals surface area contributed by atoms with Crippen LogP contribution in [0.1, 0.15) is 11.3 Å². The fourth-order valence-corrected chi connectivity index (χ4v) is 2.50. The van der Waals surface area contributed by atoms with Gasteiger partial charge in [0.05, 0.1) is 6.54 Å². The van der Waals surface area contributed by atoms with E-state index in [1.807, 2.05) is 46.2 Å². The first-order valence-corrected chi connectivity index (χ1v) is 7.05. The van der Waals surface area contributed by atoms with Crippen molar-refractivity contribution in [1.82, 2.24) is 14.9 Å². The summed E-state index contributed by atoms with van der Waals surface area (Å²) in [6, 6.07) is 11.9. The molecule has 2 aromatic rings. The van der Waals surface area contributed by atoms with Crippen LogP contribution in [0.25, 0.3) is 0 Å². The Morgan fingerprint density at radius 1 is 1.14 bits per heavy atom. The summed E-state index contributed by atoms with van der Waals surface area (Å²) in [6.45, 7) is 2.08. The van der Waals surface area contributed by atoms with Crippen LogP contribution < -0.4 is 4.90 Å². The third-order valence-electron chi connectivity index (χ3n) is 3.62.